The average Bonchev–Trinajstić information content (AvgIpc) is 2.40. The van der Waals surface area contributed by atoms with Crippen LogP contribution in [-0.4, -0.2) is 44.6 Å². The van der Waals surface area contributed by atoms with E-state index in [4.69, 9.17) is 5.73 Å². The molecule has 1 aromatic rings. The highest BCUT2D eigenvalue weighted by atomic mass is 32.2. The second-order valence-corrected chi connectivity index (χ2v) is 6.62. The van der Waals surface area contributed by atoms with Gasteiger partial charge < -0.3 is 15.7 Å². The van der Waals surface area contributed by atoms with Gasteiger partial charge in [0.1, 0.15) is 5.75 Å². The molecule has 0 amide bonds. The first-order valence-corrected chi connectivity index (χ1v) is 8.04. The molecular formula is C13H23N3O3S. The van der Waals surface area contributed by atoms with Crippen LogP contribution in [0, 0.1) is 0 Å². The van der Waals surface area contributed by atoms with E-state index in [1.54, 1.807) is 0 Å². The minimum absolute atomic E-state index is 0.0459. The summed E-state index contributed by atoms with van der Waals surface area (Å²) in [7, 11) is -1.64. The number of phenols is 1. The van der Waals surface area contributed by atoms with E-state index in [2.05, 4.69) is 23.5 Å². The molecular weight excluding hydrogens is 278 g/mol. The zero-order valence-corrected chi connectivity index (χ0v) is 12.9. The van der Waals surface area contributed by atoms with E-state index in [1.165, 1.54) is 18.2 Å². The number of hydrogen-bond donors (Lipinski definition) is 3. The van der Waals surface area contributed by atoms with E-state index < -0.39 is 10.0 Å². The Morgan fingerprint density at radius 3 is 2.65 bits per heavy atom. The second-order valence-electron chi connectivity index (χ2n) is 4.86. The zero-order chi connectivity index (χ0) is 15.3. The maximum Gasteiger partial charge on any atom is 0.240 e. The normalized spacial score (nSPS) is 13.6. The van der Waals surface area contributed by atoms with Gasteiger partial charge in [-0.2, -0.15) is 0 Å². The van der Waals surface area contributed by atoms with Gasteiger partial charge in [-0.05, 0) is 38.6 Å². The monoisotopic (exact) mass is 301 g/mol. The van der Waals surface area contributed by atoms with E-state index in [0.717, 1.165) is 6.42 Å². The third kappa shape index (κ3) is 4.36. The fourth-order valence-electron chi connectivity index (χ4n) is 1.67. The number of benzene rings is 1. The van der Waals surface area contributed by atoms with E-state index in [1.807, 2.05) is 7.05 Å². The van der Waals surface area contributed by atoms with Crippen molar-refractivity contribution < 1.29 is 13.5 Å². The minimum Gasteiger partial charge on any atom is -0.506 e. The number of sulfonamides is 1. The Bertz CT molecular complexity index is 546. The topological polar surface area (TPSA) is 95.7 Å². The summed E-state index contributed by atoms with van der Waals surface area (Å²) in [5, 5.41) is 9.30. The quantitative estimate of drug-likeness (QED) is 0.515. The third-order valence-electron chi connectivity index (χ3n) is 3.41. The van der Waals surface area contributed by atoms with Crippen molar-refractivity contribution >= 4 is 15.7 Å². The molecule has 0 bridgehead atoms. The Morgan fingerprint density at radius 2 is 2.10 bits per heavy atom. The molecule has 0 saturated heterocycles. The van der Waals surface area contributed by atoms with Crippen molar-refractivity contribution in [1.82, 2.24) is 9.62 Å². The molecule has 114 valence electrons. The highest BCUT2D eigenvalue weighted by Crippen LogP contribution is 2.22. The average molecular weight is 301 g/mol. The zero-order valence-electron chi connectivity index (χ0n) is 12.1. The lowest BCUT2D eigenvalue weighted by atomic mass is 10.2. The maximum atomic E-state index is 12.0. The van der Waals surface area contributed by atoms with Gasteiger partial charge in [-0.3, -0.25) is 0 Å². The molecule has 1 unspecified atom stereocenters. The smallest absolute Gasteiger partial charge is 0.240 e. The van der Waals surface area contributed by atoms with Gasteiger partial charge in [0, 0.05) is 19.1 Å². The molecule has 0 aliphatic carbocycles. The highest BCUT2D eigenvalue weighted by molar-refractivity contribution is 7.89. The predicted molar refractivity (Wildman–Crippen MR) is 80.1 cm³/mol. The largest absolute Gasteiger partial charge is 0.506 e. The SMILES string of the molecule is CCC(C)N(C)CCNS(=O)(=O)c1ccc(O)c(N)c1. The molecule has 0 aliphatic heterocycles. The molecule has 0 radical (unpaired) electrons. The number of anilines is 1. The summed E-state index contributed by atoms with van der Waals surface area (Å²) < 4.78 is 26.6. The standard InChI is InChI=1S/C13H23N3O3S/c1-4-10(2)16(3)8-7-15-20(18,19)11-5-6-13(17)12(14)9-11/h5-6,9-10,15,17H,4,7-8,14H2,1-3H3. The van der Waals surface area contributed by atoms with Crippen LogP contribution in [0.4, 0.5) is 5.69 Å². The summed E-state index contributed by atoms with van der Waals surface area (Å²) in [5.41, 5.74) is 5.55. The van der Waals surface area contributed by atoms with Gasteiger partial charge in [0.2, 0.25) is 10.0 Å². The number of likely N-dealkylation sites (N-methyl/N-ethyl adjacent to an activating group) is 1. The van der Waals surface area contributed by atoms with Crippen LogP contribution in [0.25, 0.3) is 0 Å². The molecule has 0 saturated carbocycles. The van der Waals surface area contributed by atoms with Crippen molar-refractivity contribution in [3.63, 3.8) is 0 Å². The second kappa shape index (κ2) is 6.92. The first kappa shape index (κ1) is 16.7. The lowest BCUT2D eigenvalue weighted by molar-refractivity contribution is 0.256. The lowest BCUT2D eigenvalue weighted by Gasteiger charge is -2.23. The Hall–Kier alpha value is -1.31. The van der Waals surface area contributed by atoms with Crippen LogP contribution in [0.5, 0.6) is 5.75 Å². The molecule has 1 atom stereocenters. The van der Waals surface area contributed by atoms with E-state index in [9.17, 15) is 13.5 Å². The number of nitrogens with two attached hydrogens (primary N) is 1. The number of rotatable bonds is 7. The lowest BCUT2D eigenvalue weighted by Crippen LogP contribution is -2.37. The molecule has 6 nitrogen and oxygen atoms in total. The van der Waals surface area contributed by atoms with Gasteiger partial charge in [-0.15, -0.1) is 0 Å². The van der Waals surface area contributed by atoms with Crippen LogP contribution < -0.4 is 10.5 Å². The van der Waals surface area contributed by atoms with Crippen molar-refractivity contribution in [2.24, 2.45) is 0 Å². The van der Waals surface area contributed by atoms with E-state index in [-0.39, 0.29) is 16.3 Å². The number of aromatic hydroxyl groups is 1. The van der Waals surface area contributed by atoms with Crippen molar-refractivity contribution in [1.29, 1.82) is 0 Å². The summed E-state index contributed by atoms with van der Waals surface area (Å²) in [6.07, 6.45) is 1.01. The highest BCUT2D eigenvalue weighted by Gasteiger charge is 2.15. The number of hydrogen-bond acceptors (Lipinski definition) is 5. The molecule has 0 heterocycles. The first-order chi connectivity index (χ1) is 9.27. The summed E-state index contributed by atoms with van der Waals surface area (Å²) >= 11 is 0. The Kier molecular flexibility index (Phi) is 5.79. The van der Waals surface area contributed by atoms with Crippen LogP contribution in [0.15, 0.2) is 23.1 Å². The maximum absolute atomic E-state index is 12.0. The van der Waals surface area contributed by atoms with Gasteiger partial charge in [-0.1, -0.05) is 6.92 Å². The van der Waals surface area contributed by atoms with Crippen LogP contribution in [0.1, 0.15) is 20.3 Å². The summed E-state index contributed by atoms with van der Waals surface area (Å²) in [6, 6.07) is 4.25. The van der Waals surface area contributed by atoms with Gasteiger partial charge in [-0.25, -0.2) is 13.1 Å². The van der Waals surface area contributed by atoms with Crippen LogP contribution in [-0.2, 0) is 10.0 Å². The number of nitrogen functional groups attached to an aromatic ring is 1. The molecule has 0 fully saturated rings. The summed E-state index contributed by atoms with van der Waals surface area (Å²) in [5.74, 6) is -0.125. The molecule has 0 aromatic heterocycles. The molecule has 0 spiro atoms. The van der Waals surface area contributed by atoms with Crippen molar-refractivity contribution in [3.05, 3.63) is 18.2 Å². The predicted octanol–water partition coefficient (Wildman–Crippen LogP) is 0.983. The number of nitrogens with zero attached hydrogens (tertiary/aromatic N) is 1. The van der Waals surface area contributed by atoms with Crippen LogP contribution in [0.2, 0.25) is 0 Å². The number of nitrogens with one attached hydrogen (secondary N) is 1. The van der Waals surface area contributed by atoms with Crippen molar-refractivity contribution in [2.75, 3.05) is 25.9 Å². The van der Waals surface area contributed by atoms with E-state index in [0.29, 0.717) is 19.1 Å². The number of phenolic OH excluding ortho intramolecular Hbond substituents is 1. The molecule has 7 heteroatoms. The van der Waals surface area contributed by atoms with Gasteiger partial charge >= 0.3 is 0 Å². The van der Waals surface area contributed by atoms with Crippen molar-refractivity contribution in [2.45, 2.75) is 31.2 Å². The summed E-state index contributed by atoms with van der Waals surface area (Å²) in [4.78, 5) is 2.15. The molecule has 1 aromatic carbocycles. The van der Waals surface area contributed by atoms with Crippen LogP contribution in [0.3, 0.4) is 0 Å². The fourth-order valence-corrected chi connectivity index (χ4v) is 2.73. The van der Waals surface area contributed by atoms with Gasteiger partial charge in [0.25, 0.3) is 0 Å². The molecule has 4 N–H and O–H groups in total. The third-order valence-corrected chi connectivity index (χ3v) is 4.87. The Morgan fingerprint density at radius 1 is 1.45 bits per heavy atom. The molecule has 20 heavy (non-hydrogen) atoms. The van der Waals surface area contributed by atoms with Crippen LogP contribution >= 0.6 is 0 Å². The minimum atomic E-state index is -3.60. The Balaban J connectivity index is 2.64. The molecule has 0 aliphatic rings. The van der Waals surface area contributed by atoms with Gasteiger partial charge in [0.05, 0.1) is 10.6 Å². The van der Waals surface area contributed by atoms with Crippen molar-refractivity contribution in [3.8, 4) is 5.75 Å². The molecule has 1 rings (SSSR count). The summed E-state index contributed by atoms with van der Waals surface area (Å²) in [6.45, 7) is 5.13. The Labute approximate surface area is 120 Å². The van der Waals surface area contributed by atoms with E-state index >= 15 is 0 Å². The first-order valence-electron chi connectivity index (χ1n) is 6.56. The van der Waals surface area contributed by atoms with Gasteiger partial charge in [0.15, 0.2) is 0 Å². The fraction of sp³-hybridized carbons (Fsp3) is 0.538.